The summed E-state index contributed by atoms with van der Waals surface area (Å²) in [6, 6.07) is 9.63. The molecule has 3 aromatic rings. The highest BCUT2D eigenvalue weighted by Crippen LogP contribution is 2.45. The molecule has 2 aromatic carbocycles. The summed E-state index contributed by atoms with van der Waals surface area (Å²) >= 11 is 0. The van der Waals surface area contributed by atoms with Crippen molar-refractivity contribution in [2.75, 3.05) is 12.3 Å². The van der Waals surface area contributed by atoms with Gasteiger partial charge in [-0.05, 0) is 80.0 Å². The number of sulfone groups is 1. The van der Waals surface area contributed by atoms with E-state index in [1.165, 1.54) is 23.5 Å². The summed E-state index contributed by atoms with van der Waals surface area (Å²) in [4.78, 5) is 13.2. The van der Waals surface area contributed by atoms with Crippen molar-refractivity contribution in [3.63, 3.8) is 0 Å². The molecule has 1 aliphatic rings. The van der Waals surface area contributed by atoms with Crippen molar-refractivity contribution in [1.29, 1.82) is 0 Å². The van der Waals surface area contributed by atoms with Crippen LogP contribution in [0.15, 0.2) is 54.9 Å². The SMILES string of the molecule is CCCCS(=O)(=O)C(c1cc(F)cc(F)c1)[C@H](CCNC1(c2cccc(CC)c2)CC1)NC(=O)n1cc(C)cn1. The molecule has 0 radical (unpaired) electrons. The van der Waals surface area contributed by atoms with E-state index in [0.29, 0.717) is 25.5 Å². The van der Waals surface area contributed by atoms with E-state index in [9.17, 15) is 22.0 Å². The first-order valence-corrected chi connectivity index (χ1v) is 15.6. The van der Waals surface area contributed by atoms with Gasteiger partial charge in [-0.2, -0.15) is 9.78 Å². The molecule has 0 aliphatic heterocycles. The minimum Gasteiger partial charge on any atom is -0.332 e. The van der Waals surface area contributed by atoms with Gasteiger partial charge in [0, 0.05) is 17.8 Å². The Morgan fingerprint density at radius 2 is 1.85 bits per heavy atom. The van der Waals surface area contributed by atoms with E-state index in [0.717, 1.165) is 41.6 Å². The van der Waals surface area contributed by atoms with E-state index in [1.54, 1.807) is 6.92 Å². The average molecular weight is 573 g/mol. The number of hydrogen-bond acceptors (Lipinski definition) is 5. The van der Waals surface area contributed by atoms with Crippen molar-refractivity contribution in [3.05, 3.63) is 88.7 Å². The second-order valence-corrected chi connectivity index (χ2v) is 13.0. The maximum Gasteiger partial charge on any atom is 0.342 e. The molecule has 1 aliphatic carbocycles. The molecule has 216 valence electrons. The van der Waals surface area contributed by atoms with Crippen LogP contribution in [0.5, 0.6) is 0 Å². The molecular weight excluding hydrogens is 534 g/mol. The first-order valence-electron chi connectivity index (χ1n) is 13.9. The molecule has 7 nitrogen and oxygen atoms in total. The largest absolute Gasteiger partial charge is 0.342 e. The Hall–Kier alpha value is -3.11. The molecule has 1 heterocycles. The lowest BCUT2D eigenvalue weighted by Crippen LogP contribution is -2.46. The zero-order chi connectivity index (χ0) is 28.9. The van der Waals surface area contributed by atoms with Crippen LogP contribution in [0.25, 0.3) is 0 Å². The molecule has 0 saturated heterocycles. The maximum absolute atomic E-state index is 14.3. The topological polar surface area (TPSA) is 93.1 Å². The zero-order valence-corrected chi connectivity index (χ0v) is 24.1. The van der Waals surface area contributed by atoms with E-state index in [4.69, 9.17) is 0 Å². The van der Waals surface area contributed by atoms with Crippen molar-refractivity contribution in [3.8, 4) is 0 Å². The molecule has 0 bridgehead atoms. The number of halogens is 2. The number of carbonyl (C=O) groups excluding carboxylic acids is 1. The number of nitrogens with one attached hydrogen (secondary N) is 2. The second-order valence-electron chi connectivity index (χ2n) is 10.7. The zero-order valence-electron chi connectivity index (χ0n) is 23.3. The minimum atomic E-state index is -3.91. The third-order valence-electron chi connectivity index (χ3n) is 7.53. The smallest absolute Gasteiger partial charge is 0.332 e. The van der Waals surface area contributed by atoms with Gasteiger partial charge in [0.05, 0.1) is 18.0 Å². The van der Waals surface area contributed by atoms with Crippen molar-refractivity contribution in [2.45, 2.75) is 76.1 Å². The summed E-state index contributed by atoms with van der Waals surface area (Å²) in [5, 5.41) is 9.12. The fourth-order valence-corrected chi connectivity index (χ4v) is 7.40. The molecular formula is C30H38F2N4O3S. The molecule has 1 saturated carbocycles. The predicted octanol–water partition coefficient (Wildman–Crippen LogP) is 5.58. The molecule has 1 amide bonds. The summed E-state index contributed by atoms with van der Waals surface area (Å²) in [6.45, 7) is 6.15. The highest BCUT2D eigenvalue weighted by atomic mass is 32.2. The number of aromatic nitrogens is 2. The van der Waals surface area contributed by atoms with Gasteiger partial charge in [-0.3, -0.25) is 0 Å². The van der Waals surface area contributed by atoms with E-state index in [1.807, 2.05) is 13.0 Å². The average Bonchev–Trinajstić information content (AvgIpc) is 3.57. The first kappa shape index (κ1) is 29.9. The number of rotatable bonds is 13. The number of unbranched alkanes of at least 4 members (excludes halogenated alkanes) is 1. The van der Waals surface area contributed by atoms with Gasteiger partial charge in [-0.25, -0.2) is 22.0 Å². The Labute approximate surface area is 235 Å². The summed E-state index contributed by atoms with van der Waals surface area (Å²) in [6.07, 6.45) is 7.11. The Balaban J connectivity index is 1.65. The number of hydrogen-bond donors (Lipinski definition) is 2. The fraction of sp³-hybridized carbons (Fsp3) is 0.467. The molecule has 1 fully saturated rings. The Kier molecular flexibility index (Phi) is 9.41. The van der Waals surface area contributed by atoms with Crippen LogP contribution in [0, 0.1) is 18.6 Å². The van der Waals surface area contributed by atoms with Crippen molar-refractivity contribution in [1.82, 2.24) is 20.4 Å². The molecule has 4 rings (SSSR count). The van der Waals surface area contributed by atoms with E-state index < -0.39 is 38.8 Å². The molecule has 0 spiro atoms. The van der Waals surface area contributed by atoms with Crippen LogP contribution >= 0.6 is 0 Å². The van der Waals surface area contributed by atoms with Crippen LogP contribution < -0.4 is 10.6 Å². The van der Waals surface area contributed by atoms with E-state index >= 15 is 0 Å². The molecule has 10 heteroatoms. The van der Waals surface area contributed by atoms with Crippen LogP contribution in [0.1, 0.15) is 73.5 Å². The van der Waals surface area contributed by atoms with Crippen LogP contribution in [0.4, 0.5) is 13.6 Å². The lowest BCUT2D eigenvalue weighted by atomic mass is 9.99. The van der Waals surface area contributed by atoms with Gasteiger partial charge in [0.15, 0.2) is 9.84 Å². The summed E-state index contributed by atoms with van der Waals surface area (Å²) in [5.41, 5.74) is 2.95. The van der Waals surface area contributed by atoms with Crippen LogP contribution in [-0.2, 0) is 21.8 Å². The van der Waals surface area contributed by atoms with Crippen molar-refractivity contribution in [2.24, 2.45) is 0 Å². The molecule has 2 atom stereocenters. The third kappa shape index (κ3) is 7.14. The first-order chi connectivity index (χ1) is 19.1. The highest BCUT2D eigenvalue weighted by molar-refractivity contribution is 7.91. The lowest BCUT2D eigenvalue weighted by Gasteiger charge is -2.29. The van der Waals surface area contributed by atoms with Gasteiger partial charge in [0.1, 0.15) is 16.9 Å². The van der Waals surface area contributed by atoms with Crippen molar-refractivity contribution >= 4 is 15.9 Å². The van der Waals surface area contributed by atoms with Crippen LogP contribution in [0.3, 0.4) is 0 Å². The molecule has 1 aromatic heterocycles. The third-order valence-corrected chi connectivity index (χ3v) is 9.77. The Morgan fingerprint density at radius 1 is 1.12 bits per heavy atom. The molecule has 1 unspecified atom stereocenters. The van der Waals surface area contributed by atoms with Gasteiger partial charge < -0.3 is 10.6 Å². The summed E-state index contributed by atoms with van der Waals surface area (Å²) in [7, 11) is -3.91. The second kappa shape index (κ2) is 12.6. The quantitative estimate of drug-likeness (QED) is 0.279. The fourth-order valence-electron chi connectivity index (χ4n) is 5.20. The van der Waals surface area contributed by atoms with Crippen LogP contribution in [-0.4, -0.2) is 42.6 Å². The Bertz CT molecular complexity index is 1420. The molecule has 40 heavy (non-hydrogen) atoms. The van der Waals surface area contributed by atoms with Gasteiger partial charge in [0.25, 0.3) is 0 Å². The van der Waals surface area contributed by atoms with Crippen LogP contribution in [0.2, 0.25) is 0 Å². The molecule has 2 N–H and O–H groups in total. The summed E-state index contributed by atoms with van der Waals surface area (Å²) < 4.78 is 57.2. The minimum absolute atomic E-state index is 0.0210. The van der Waals surface area contributed by atoms with Gasteiger partial charge in [-0.1, -0.05) is 44.5 Å². The normalized spacial score (nSPS) is 15.9. The number of nitrogens with zero attached hydrogens (tertiary/aromatic N) is 2. The number of amides is 1. The Morgan fingerprint density at radius 3 is 2.45 bits per heavy atom. The maximum atomic E-state index is 14.3. The number of carbonyl (C=O) groups is 1. The monoisotopic (exact) mass is 572 g/mol. The van der Waals surface area contributed by atoms with Crippen molar-refractivity contribution < 1.29 is 22.0 Å². The number of benzene rings is 2. The van der Waals surface area contributed by atoms with E-state index in [2.05, 4.69) is 40.9 Å². The standard InChI is InChI=1S/C30H38F2N4O3S/c1-4-6-14-40(38,39)28(23-16-25(31)18-26(32)17-23)27(35-29(37)36-20-21(3)19-34-36)10-13-33-30(11-12-30)24-9-7-8-22(5-2)15-24/h7-9,15-20,27-28,33H,4-6,10-14H2,1-3H3,(H,35,37)/t27-,28?/m0/s1. The van der Waals surface area contributed by atoms with Gasteiger partial charge in [0.2, 0.25) is 0 Å². The van der Waals surface area contributed by atoms with Gasteiger partial charge >= 0.3 is 6.03 Å². The van der Waals surface area contributed by atoms with Gasteiger partial charge in [-0.15, -0.1) is 0 Å². The lowest BCUT2D eigenvalue weighted by molar-refractivity contribution is 0.234. The predicted molar refractivity (Wildman–Crippen MR) is 152 cm³/mol. The van der Waals surface area contributed by atoms with E-state index in [-0.39, 0.29) is 23.3 Å². The summed E-state index contributed by atoms with van der Waals surface area (Å²) in [5.74, 6) is -1.91. The number of aryl methyl sites for hydroxylation is 2. The highest BCUT2D eigenvalue weighted by Gasteiger charge is 2.44.